The molecule has 2 amide bonds. The second kappa shape index (κ2) is 15.6. The summed E-state index contributed by atoms with van der Waals surface area (Å²) in [5, 5.41) is 3.07. The van der Waals surface area contributed by atoms with Gasteiger partial charge in [-0.05, 0) is 86.7 Å². The number of anilines is 1. The Morgan fingerprint density at radius 3 is 2.09 bits per heavy atom. The molecule has 46 heavy (non-hydrogen) atoms. The number of benzene rings is 4. The molecule has 0 bridgehead atoms. The molecule has 0 aliphatic carbocycles. The van der Waals surface area contributed by atoms with Crippen LogP contribution in [0.25, 0.3) is 0 Å². The van der Waals surface area contributed by atoms with Crippen molar-refractivity contribution in [2.24, 2.45) is 0 Å². The first-order chi connectivity index (χ1) is 21.9. The summed E-state index contributed by atoms with van der Waals surface area (Å²) in [5.41, 5.74) is 4.61. The minimum Gasteiger partial charge on any atom is -0.352 e. The highest BCUT2D eigenvalue weighted by Crippen LogP contribution is 2.29. The number of sulfonamides is 1. The van der Waals surface area contributed by atoms with Crippen molar-refractivity contribution in [1.82, 2.24) is 10.2 Å². The van der Waals surface area contributed by atoms with Gasteiger partial charge in [0.1, 0.15) is 12.6 Å². The monoisotopic (exact) mass is 703 g/mol. The molecule has 242 valence electrons. The molecule has 4 rings (SSSR count). The van der Waals surface area contributed by atoms with Crippen LogP contribution in [-0.4, -0.2) is 43.8 Å². The average Bonchev–Trinajstić information content (AvgIpc) is 3.04. The molecule has 4 aromatic carbocycles. The van der Waals surface area contributed by atoms with Crippen LogP contribution in [0.3, 0.4) is 0 Å². The molecule has 0 saturated carbocycles. The number of nitrogens with one attached hydrogen (secondary N) is 1. The first-order valence-electron chi connectivity index (χ1n) is 15.4. The summed E-state index contributed by atoms with van der Waals surface area (Å²) in [4.78, 5) is 30.2. The predicted octanol–water partition coefficient (Wildman–Crippen LogP) is 7.12. The zero-order valence-electron chi connectivity index (χ0n) is 27.0. The summed E-state index contributed by atoms with van der Waals surface area (Å²) in [6.07, 6.45) is 0.985. The van der Waals surface area contributed by atoms with Gasteiger partial charge in [-0.3, -0.25) is 13.9 Å². The number of halogens is 1. The number of rotatable bonds is 13. The summed E-state index contributed by atoms with van der Waals surface area (Å²) in [7, 11) is -4.17. The lowest BCUT2D eigenvalue weighted by molar-refractivity contribution is -0.140. The highest BCUT2D eigenvalue weighted by Gasteiger charge is 2.35. The molecule has 0 fully saturated rings. The van der Waals surface area contributed by atoms with Crippen LogP contribution in [0.5, 0.6) is 0 Å². The number of amides is 2. The number of carbonyl (C=O) groups is 2. The van der Waals surface area contributed by atoms with Crippen molar-refractivity contribution in [2.75, 3.05) is 10.8 Å². The van der Waals surface area contributed by atoms with E-state index in [0.29, 0.717) is 11.3 Å². The van der Waals surface area contributed by atoms with Crippen LogP contribution in [0.1, 0.15) is 48.1 Å². The zero-order valence-corrected chi connectivity index (χ0v) is 29.4. The van der Waals surface area contributed by atoms with Gasteiger partial charge in [0.05, 0.1) is 10.6 Å². The van der Waals surface area contributed by atoms with Crippen molar-refractivity contribution in [3.05, 3.63) is 129 Å². The third-order valence-electron chi connectivity index (χ3n) is 8.06. The highest BCUT2D eigenvalue weighted by molar-refractivity contribution is 9.10. The van der Waals surface area contributed by atoms with Crippen LogP contribution < -0.4 is 9.62 Å². The van der Waals surface area contributed by atoms with Gasteiger partial charge < -0.3 is 10.2 Å². The van der Waals surface area contributed by atoms with Crippen LogP contribution >= 0.6 is 15.9 Å². The Bertz CT molecular complexity index is 1740. The lowest BCUT2D eigenvalue weighted by Gasteiger charge is -2.34. The predicted molar refractivity (Wildman–Crippen MR) is 188 cm³/mol. The van der Waals surface area contributed by atoms with E-state index in [1.54, 1.807) is 30.3 Å². The summed E-state index contributed by atoms with van der Waals surface area (Å²) in [5.74, 6) is -0.775. The topological polar surface area (TPSA) is 86.8 Å². The van der Waals surface area contributed by atoms with Gasteiger partial charge in [-0.15, -0.1) is 0 Å². The lowest BCUT2D eigenvalue weighted by Crippen LogP contribution is -2.54. The Hall–Kier alpha value is -3.95. The Labute approximate surface area is 281 Å². The summed E-state index contributed by atoms with van der Waals surface area (Å²) < 4.78 is 30.7. The van der Waals surface area contributed by atoms with Gasteiger partial charge in [0.2, 0.25) is 11.8 Å². The fraction of sp³-hybridized carbons (Fsp3) is 0.297. The molecule has 1 N–H and O–H groups in total. The van der Waals surface area contributed by atoms with Crippen LogP contribution in [0, 0.1) is 20.8 Å². The lowest BCUT2D eigenvalue weighted by atomic mass is 10.0. The van der Waals surface area contributed by atoms with Crippen molar-refractivity contribution in [3.8, 4) is 0 Å². The van der Waals surface area contributed by atoms with Gasteiger partial charge >= 0.3 is 0 Å². The summed E-state index contributed by atoms with van der Waals surface area (Å²) in [6.45, 7) is 9.14. The van der Waals surface area contributed by atoms with E-state index in [2.05, 4.69) is 21.2 Å². The normalized spacial score (nSPS) is 12.7. The molecule has 0 radical (unpaired) electrons. The Morgan fingerprint density at radius 1 is 0.826 bits per heavy atom. The van der Waals surface area contributed by atoms with E-state index in [1.165, 1.54) is 9.21 Å². The van der Waals surface area contributed by atoms with Gasteiger partial charge in [0.15, 0.2) is 0 Å². The van der Waals surface area contributed by atoms with E-state index >= 15 is 0 Å². The van der Waals surface area contributed by atoms with E-state index in [1.807, 2.05) is 101 Å². The molecule has 0 saturated heterocycles. The molecule has 0 unspecified atom stereocenters. The summed E-state index contributed by atoms with van der Waals surface area (Å²) >= 11 is 3.47. The summed E-state index contributed by atoms with van der Waals surface area (Å²) in [6, 6.07) is 28.2. The Morgan fingerprint density at radius 2 is 1.46 bits per heavy atom. The molecule has 9 heteroatoms. The maximum atomic E-state index is 14.6. The largest absolute Gasteiger partial charge is 0.352 e. The van der Waals surface area contributed by atoms with Crippen LogP contribution in [-0.2, 0) is 32.6 Å². The van der Waals surface area contributed by atoms with E-state index in [0.717, 1.165) is 33.1 Å². The first kappa shape index (κ1) is 34.9. The first-order valence-corrected chi connectivity index (χ1v) is 17.7. The van der Waals surface area contributed by atoms with Crippen molar-refractivity contribution in [3.63, 3.8) is 0 Å². The van der Waals surface area contributed by atoms with Crippen LogP contribution in [0.15, 0.2) is 106 Å². The Kier molecular flexibility index (Phi) is 11.8. The molecule has 0 spiro atoms. The molecule has 0 heterocycles. The molecule has 4 aromatic rings. The fourth-order valence-corrected chi connectivity index (χ4v) is 6.86. The van der Waals surface area contributed by atoms with Gasteiger partial charge in [-0.25, -0.2) is 8.42 Å². The molecule has 0 aliphatic heterocycles. The molecule has 0 aliphatic rings. The highest BCUT2D eigenvalue weighted by atomic mass is 79.9. The quantitative estimate of drug-likeness (QED) is 0.161. The van der Waals surface area contributed by atoms with E-state index in [-0.39, 0.29) is 29.8 Å². The van der Waals surface area contributed by atoms with Crippen LogP contribution in [0.2, 0.25) is 0 Å². The smallest absolute Gasteiger partial charge is 0.264 e. The van der Waals surface area contributed by atoms with Gasteiger partial charge in [-0.1, -0.05) is 95.1 Å². The van der Waals surface area contributed by atoms with Gasteiger partial charge in [-0.2, -0.15) is 0 Å². The zero-order chi connectivity index (χ0) is 33.4. The van der Waals surface area contributed by atoms with Crippen molar-refractivity contribution in [1.29, 1.82) is 0 Å². The second-order valence-electron chi connectivity index (χ2n) is 11.8. The fourth-order valence-electron chi connectivity index (χ4n) is 5.12. The second-order valence-corrected chi connectivity index (χ2v) is 14.6. The molecule has 7 nitrogen and oxygen atoms in total. The van der Waals surface area contributed by atoms with Gasteiger partial charge in [0.25, 0.3) is 10.0 Å². The number of carbonyl (C=O) groups excluding carboxylic acids is 2. The number of hydrogen-bond acceptors (Lipinski definition) is 4. The van der Waals surface area contributed by atoms with E-state index < -0.39 is 28.5 Å². The SMILES string of the molecule is CC[C@@H](C)NC(=O)[C@H](Cc1ccccc1)N(Cc1ccc(Br)cc1)C(=O)CN(c1cc(C)ccc1C)S(=O)(=O)c1ccc(C)cc1. The number of nitrogens with zero attached hydrogens (tertiary/aromatic N) is 2. The third kappa shape index (κ3) is 8.85. The number of hydrogen-bond donors (Lipinski definition) is 1. The van der Waals surface area contributed by atoms with Crippen molar-refractivity contribution in [2.45, 2.75) is 71.0 Å². The number of aryl methyl sites for hydroxylation is 3. The molecular formula is C37H42BrN3O4S. The van der Waals surface area contributed by atoms with E-state index in [9.17, 15) is 18.0 Å². The van der Waals surface area contributed by atoms with Crippen molar-refractivity contribution < 1.29 is 18.0 Å². The average molecular weight is 705 g/mol. The standard InChI is InChI=1S/C37H42BrN3O4S/c1-6-29(5)39-37(43)35(23-30-10-8-7-9-11-30)40(24-31-16-18-32(38)19-17-31)36(42)25-41(34-22-27(3)12-15-28(34)4)46(44,45)33-20-13-26(2)14-21-33/h7-22,29,35H,6,23-25H2,1-5H3,(H,39,43)/t29-,35+/m1/s1. The maximum absolute atomic E-state index is 14.6. The third-order valence-corrected chi connectivity index (χ3v) is 10.4. The molecular weight excluding hydrogens is 662 g/mol. The van der Waals surface area contributed by atoms with Gasteiger partial charge in [0, 0.05) is 23.5 Å². The minimum atomic E-state index is -4.17. The molecule has 2 atom stereocenters. The van der Waals surface area contributed by atoms with E-state index in [4.69, 9.17) is 0 Å². The Balaban J connectivity index is 1.83. The van der Waals surface area contributed by atoms with Crippen LogP contribution in [0.4, 0.5) is 5.69 Å². The maximum Gasteiger partial charge on any atom is 0.264 e. The van der Waals surface area contributed by atoms with Crippen molar-refractivity contribution >= 4 is 43.5 Å². The molecule has 0 aromatic heterocycles. The minimum absolute atomic E-state index is 0.0848.